The Bertz CT molecular complexity index is 631. The van der Waals surface area contributed by atoms with Crippen LogP contribution in [0.1, 0.15) is 41.9 Å². The van der Waals surface area contributed by atoms with Crippen molar-refractivity contribution in [3.63, 3.8) is 0 Å². The standard InChI is InChI=1S/C19H24N2O3/c1-2-23-16-9-7-15(8-10-16)17(21-11-3-4-12-21)14-20-19(22)18-6-5-13-24-18/h5-10,13,17H,2-4,11-12,14H2,1H3,(H,20,22). The fourth-order valence-electron chi connectivity index (χ4n) is 3.15. The first-order chi connectivity index (χ1) is 11.8. The van der Waals surface area contributed by atoms with E-state index in [1.165, 1.54) is 24.7 Å². The van der Waals surface area contributed by atoms with E-state index in [0.29, 0.717) is 18.9 Å². The third kappa shape index (κ3) is 3.97. The van der Waals surface area contributed by atoms with Crippen LogP contribution in [-0.4, -0.2) is 37.0 Å². The number of likely N-dealkylation sites (tertiary alicyclic amines) is 1. The van der Waals surface area contributed by atoms with Crippen LogP contribution in [0.2, 0.25) is 0 Å². The quantitative estimate of drug-likeness (QED) is 0.848. The maximum absolute atomic E-state index is 12.2. The highest BCUT2D eigenvalue weighted by molar-refractivity contribution is 5.91. The van der Waals surface area contributed by atoms with E-state index in [9.17, 15) is 4.79 Å². The summed E-state index contributed by atoms with van der Waals surface area (Å²) >= 11 is 0. The molecule has 1 aromatic carbocycles. The maximum atomic E-state index is 12.2. The summed E-state index contributed by atoms with van der Waals surface area (Å²) in [5, 5.41) is 2.99. The van der Waals surface area contributed by atoms with Crippen LogP contribution >= 0.6 is 0 Å². The highest BCUT2D eigenvalue weighted by Crippen LogP contribution is 2.26. The predicted octanol–water partition coefficient (Wildman–Crippen LogP) is 3.25. The van der Waals surface area contributed by atoms with E-state index in [1.54, 1.807) is 12.1 Å². The summed E-state index contributed by atoms with van der Waals surface area (Å²) in [6.07, 6.45) is 3.93. The van der Waals surface area contributed by atoms with Gasteiger partial charge in [-0.3, -0.25) is 9.69 Å². The molecule has 0 saturated carbocycles. The molecule has 0 radical (unpaired) electrons. The van der Waals surface area contributed by atoms with Gasteiger partial charge in [0.05, 0.1) is 18.9 Å². The molecule has 1 amide bonds. The van der Waals surface area contributed by atoms with Crippen LogP contribution in [0.4, 0.5) is 0 Å². The Kier molecular flexibility index (Phi) is 5.54. The molecule has 1 N–H and O–H groups in total. The smallest absolute Gasteiger partial charge is 0.287 e. The lowest BCUT2D eigenvalue weighted by Gasteiger charge is -2.28. The lowest BCUT2D eigenvalue weighted by molar-refractivity contribution is 0.0910. The third-order valence-corrected chi connectivity index (χ3v) is 4.36. The summed E-state index contributed by atoms with van der Waals surface area (Å²) < 4.78 is 10.7. The molecule has 0 spiro atoms. The number of nitrogens with zero attached hydrogens (tertiary/aromatic N) is 1. The van der Waals surface area contributed by atoms with Crippen LogP contribution in [0.3, 0.4) is 0 Å². The molecule has 1 saturated heterocycles. The van der Waals surface area contributed by atoms with Crippen molar-refractivity contribution in [2.24, 2.45) is 0 Å². The molecule has 1 atom stereocenters. The SMILES string of the molecule is CCOc1ccc(C(CNC(=O)c2ccco2)N2CCCC2)cc1. The van der Waals surface area contributed by atoms with Gasteiger partial charge in [0.15, 0.2) is 5.76 Å². The van der Waals surface area contributed by atoms with Gasteiger partial charge in [-0.1, -0.05) is 12.1 Å². The molecule has 0 aliphatic carbocycles. The number of furan rings is 1. The van der Waals surface area contributed by atoms with Gasteiger partial charge in [-0.25, -0.2) is 0 Å². The minimum Gasteiger partial charge on any atom is -0.494 e. The van der Waals surface area contributed by atoms with Gasteiger partial charge in [-0.05, 0) is 62.7 Å². The number of carbonyl (C=O) groups is 1. The normalized spacial score (nSPS) is 16.0. The van der Waals surface area contributed by atoms with Gasteiger partial charge < -0.3 is 14.5 Å². The molecule has 1 unspecified atom stereocenters. The van der Waals surface area contributed by atoms with Crippen molar-refractivity contribution in [2.75, 3.05) is 26.2 Å². The molecule has 0 bridgehead atoms. The molecule has 1 aliphatic rings. The lowest BCUT2D eigenvalue weighted by Crippen LogP contribution is -2.36. The van der Waals surface area contributed by atoms with Gasteiger partial charge >= 0.3 is 0 Å². The highest BCUT2D eigenvalue weighted by Gasteiger charge is 2.24. The molecule has 5 heteroatoms. The molecule has 24 heavy (non-hydrogen) atoms. The molecule has 3 rings (SSSR count). The minimum absolute atomic E-state index is 0.169. The monoisotopic (exact) mass is 328 g/mol. The van der Waals surface area contributed by atoms with E-state index in [0.717, 1.165) is 18.8 Å². The molecule has 5 nitrogen and oxygen atoms in total. The van der Waals surface area contributed by atoms with Crippen LogP contribution in [0.5, 0.6) is 5.75 Å². The summed E-state index contributed by atoms with van der Waals surface area (Å²) in [5.74, 6) is 1.05. The zero-order valence-corrected chi connectivity index (χ0v) is 14.0. The van der Waals surface area contributed by atoms with Crippen molar-refractivity contribution >= 4 is 5.91 Å². The Morgan fingerprint density at radius 1 is 1.25 bits per heavy atom. The van der Waals surface area contributed by atoms with Crippen LogP contribution in [0, 0.1) is 0 Å². The average Bonchev–Trinajstić information content (AvgIpc) is 3.30. The zero-order valence-electron chi connectivity index (χ0n) is 14.0. The fraction of sp³-hybridized carbons (Fsp3) is 0.421. The average molecular weight is 328 g/mol. The Hall–Kier alpha value is -2.27. The van der Waals surface area contributed by atoms with Crippen molar-refractivity contribution in [1.29, 1.82) is 0 Å². The first kappa shape index (κ1) is 16.6. The van der Waals surface area contributed by atoms with Crippen LogP contribution in [0.15, 0.2) is 47.1 Å². The summed E-state index contributed by atoms with van der Waals surface area (Å²) in [5.41, 5.74) is 1.19. The van der Waals surface area contributed by atoms with Crippen LogP contribution in [0.25, 0.3) is 0 Å². The molecular formula is C19H24N2O3. The predicted molar refractivity (Wildman–Crippen MR) is 92.2 cm³/mol. The summed E-state index contributed by atoms with van der Waals surface area (Å²) in [6, 6.07) is 11.7. The van der Waals surface area contributed by atoms with Gasteiger partial charge in [0.2, 0.25) is 0 Å². The summed E-state index contributed by atoms with van der Waals surface area (Å²) in [6.45, 7) is 5.33. The van der Waals surface area contributed by atoms with Crippen molar-refractivity contribution in [3.8, 4) is 5.75 Å². The first-order valence-corrected chi connectivity index (χ1v) is 8.56. The van der Waals surface area contributed by atoms with Gasteiger partial charge in [0, 0.05) is 6.54 Å². The molecule has 128 valence electrons. The van der Waals surface area contributed by atoms with Gasteiger partial charge in [0.1, 0.15) is 5.75 Å². The van der Waals surface area contributed by atoms with Gasteiger partial charge in [-0.15, -0.1) is 0 Å². The number of ether oxygens (including phenoxy) is 1. The second kappa shape index (κ2) is 8.02. The Morgan fingerprint density at radius 2 is 2.00 bits per heavy atom. The van der Waals surface area contributed by atoms with Crippen LogP contribution in [-0.2, 0) is 0 Å². The van der Waals surface area contributed by atoms with Crippen molar-refractivity contribution < 1.29 is 13.9 Å². The Balaban J connectivity index is 1.70. The number of hydrogen-bond acceptors (Lipinski definition) is 4. The van der Waals surface area contributed by atoms with E-state index in [4.69, 9.17) is 9.15 Å². The molecule has 1 fully saturated rings. The second-order valence-corrected chi connectivity index (χ2v) is 5.95. The van der Waals surface area contributed by atoms with Gasteiger partial charge in [0.25, 0.3) is 5.91 Å². The van der Waals surface area contributed by atoms with Crippen molar-refractivity contribution in [1.82, 2.24) is 10.2 Å². The maximum Gasteiger partial charge on any atom is 0.287 e. The number of benzene rings is 1. The number of carbonyl (C=O) groups excluding carboxylic acids is 1. The summed E-state index contributed by atoms with van der Waals surface area (Å²) in [4.78, 5) is 14.6. The topological polar surface area (TPSA) is 54.7 Å². The fourth-order valence-corrected chi connectivity index (χ4v) is 3.15. The summed E-state index contributed by atoms with van der Waals surface area (Å²) in [7, 11) is 0. The van der Waals surface area contributed by atoms with E-state index < -0.39 is 0 Å². The Morgan fingerprint density at radius 3 is 2.62 bits per heavy atom. The molecule has 1 aromatic heterocycles. The number of amides is 1. The minimum atomic E-state index is -0.171. The molecule has 2 aromatic rings. The third-order valence-electron chi connectivity index (χ3n) is 4.36. The van der Waals surface area contributed by atoms with E-state index in [1.807, 2.05) is 19.1 Å². The molecular weight excluding hydrogens is 304 g/mol. The Labute approximate surface area is 142 Å². The van der Waals surface area contributed by atoms with Crippen molar-refractivity contribution in [2.45, 2.75) is 25.8 Å². The lowest BCUT2D eigenvalue weighted by atomic mass is 10.1. The second-order valence-electron chi connectivity index (χ2n) is 5.95. The van der Waals surface area contributed by atoms with E-state index in [2.05, 4.69) is 22.3 Å². The number of rotatable bonds is 7. The molecule has 2 heterocycles. The first-order valence-electron chi connectivity index (χ1n) is 8.56. The highest BCUT2D eigenvalue weighted by atomic mass is 16.5. The van der Waals surface area contributed by atoms with Gasteiger partial charge in [-0.2, -0.15) is 0 Å². The zero-order chi connectivity index (χ0) is 16.8. The van der Waals surface area contributed by atoms with Crippen molar-refractivity contribution in [3.05, 3.63) is 54.0 Å². The largest absolute Gasteiger partial charge is 0.494 e. The number of hydrogen-bond donors (Lipinski definition) is 1. The van der Waals surface area contributed by atoms with Crippen LogP contribution < -0.4 is 10.1 Å². The molecule has 1 aliphatic heterocycles. The van der Waals surface area contributed by atoms with E-state index in [-0.39, 0.29) is 11.9 Å². The van der Waals surface area contributed by atoms with E-state index >= 15 is 0 Å². The number of nitrogens with one attached hydrogen (secondary N) is 1.